The summed E-state index contributed by atoms with van der Waals surface area (Å²) in [5, 5.41) is 12.0. The van der Waals surface area contributed by atoms with Crippen molar-refractivity contribution in [2.45, 2.75) is 13.8 Å². The van der Waals surface area contributed by atoms with Crippen LogP contribution in [0.2, 0.25) is 0 Å². The topological polar surface area (TPSA) is 56.1 Å². The third-order valence-corrected chi connectivity index (χ3v) is 3.73. The second-order valence-corrected chi connectivity index (χ2v) is 5.25. The summed E-state index contributed by atoms with van der Waals surface area (Å²) in [6.07, 6.45) is 1.60. The highest BCUT2D eigenvalue weighted by atomic mass is 16.1. The second kappa shape index (κ2) is 8.54. The molecule has 2 aromatic carbocycles. The van der Waals surface area contributed by atoms with Gasteiger partial charge in [-0.15, -0.1) is 0 Å². The van der Waals surface area contributed by atoms with Crippen LogP contribution in [0.4, 0.5) is 11.4 Å². The first kappa shape index (κ1) is 17.3. The summed E-state index contributed by atoms with van der Waals surface area (Å²) >= 11 is 0. The zero-order chi connectivity index (χ0) is 17.4. The van der Waals surface area contributed by atoms with Gasteiger partial charge in [0.1, 0.15) is 11.6 Å². The van der Waals surface area contributed by atoms with Crippen LogP contribution in [0.1, 0.15) is 19.4 Å². The van der Waals surface area contributed by atoms with E-state index in [1.54, 1.807) is 18.2 Å². The molecule has 0 fully saturated rings. The molecule has 1 amide bonds. The molecule has 4 nitrogen and oxygen atoms in total. The molecule has 0 heterocycles. The largest absolute Gasteiger partial charge is 0.372 e. The van der Waals surface area contributed by atoms with Crippen molar-refractivity contribution in [1.82, 2.24) is 0 Å². The summed E-state index contributed by atoms with van der Waals surface area (Å²) in [5.74, 6) is -0.406. The molecule has 0 aliphatic rings. The maximum Gasteiger partial charge on any atom is 0.266 e. The summed E-state index contributed by atoms with van der Waals surface area (Å²) in [6, 6.07) is 18.9. The molecule has 0 radical (unpaired) electrons. The molecule has 122 valence electrons. The van der Waals surface area contributed by atoms with E-state index >= 15 is 0 Å². The van der Waals surface area contributed by atoms with Gasteiger partial charge in [-0.05, 0) is 49.8 Å². The van der Waals surface area contributed by atoms with Crippen LogP contribution in [0, 0.1) is 11.3 Å². The summed E-state index contributed by atoms with van der Waals surface area (Å²) in [5.41, 5.74) is 2.70. The Bertz CT molecular complexity index is 739. The van der Waals surface area contributed by atoms with Gasteiger partial charge in [0.25, 0.3) is 5.91 Å². The average Bonchev–Trinajstić information content (AvgIpc) is 2.62. The number of para-hydroxylation sites is 1. The Hall–Kier alpha value is -3.06. The fourth-order valence-corrected chi connectivity index (χ4v) is 2.41. The molecule has 0 saturated carbocycles. The number of amides is 1. The number of rotatable bonds is 6. The zero-order valence-corrected chi connectivity index (χ0v) is 14.0. The summed E-state index contributed by atoms with van der Waals surface area (Å²) < 4.78 is 0. The van der Waals surface area contributed by atoms with E-state index < -0.39 is 5.91 Å². The molecule has 0 spiro atoms. The van der Waals surface area contributed by atoms with Gasteiger partial charge in [0.05, 0.1) is 0 Å². The van der Waals surface area contributed by atoms with Crippen molar-refractivity contribution in [2.75, 3.05) is 23.3 Å². The van der Waals surface area contributed by atoms with Crippen LogP contribution in [0.5, 0.6) is 0 Å². The molecule has 0 atom stereocenters. The number of carbonyl (C=O) groups is 1. The Labute approximate surface area is 143 Å². The van der Waals surface area contributed by atoms with Gasteiger partial charge in [-0.2, -0.15) is 5.26 Å². The van der Waals surface area contributed by atoms with Gasteiger partial charge in [-0.1, -0.05) is 30.3 Å². The SMILES string of the molecule is CCN(CC)c1ccc(/C=C(\C#N)C(=O)Nc2ccccc2)cc1. The quantitative estimate of drug-likeness (QED) is 0.645. The fraction of sp³-hybridized carbons (Fsp3) is 0.200. The van der Waals surface area contributed by atoms with Gasteiger partial charge in [0, 0.05) is 24.5 Å². The van der Waals surface area contributed by atoms with E-state index in [1.807, 2.05) is 48.5 Å². The first-order valence-corrected chi connectivity index (χ1v) is 8.01. The van der Waals surface area contributed by atoms with Crippen molar-refractivity contribution in [3.05, 3.63) is 65.7 Å². The molecule has 24 heavy (non-hydrogen) atoms. The highest BCUT2D eigenvalue weighted by molar-refractivity contribution is 6.09. The molecule has 2 aromatic rings. The van der Waals surface area contributed by atoms with Crippen LogP contribution in [0.25, 0.3) is 6.08 Å². The molecule has 0 saturated heterocycles. The minimum absolute atomic E-state index is 0.0782. The van der Waals surface area contributed by atoms with Gasteiger partial charge >= 0.3 is 0 Å². The summed E-state index contributed by atoms with van der Waals surface area (Å²) in [4.78, 5) is 14.4. The van der Waals surface area contributed by atoms with E-state index in [9.17, 15) is 10.1 Å². The number of anilines is 2. The van der Waals surface area contributed by atoms with Crippen molar-refractivity contribution < 1.29 is 4.79 Å². The van der Waals surface area contributed by atoms with E-state index in [-0.39, 0.29) is 5.57 Å². The number of benzene rings is 2. The van der Waals surface area contributed by atoms with Crippen molar-refractivity contribution in [3.8, 4) is 6.07 Å². The first-order chi connectivity index (χ1) is 11.7. The van der Waals surface area contributed by atoms with E-state index in [0.29, 0.717) is 5.69 Å². The first-order valence-electron chi connectivity index (χ1n) is 8.01. The fourth-order valence-electron chi connectivity index (χ4n) is 2.41. The van der Waals surface area contributed by atoms with Crippen molar-refractivity contribution >= 4 is 23.4 Å². The Morgan fingerprint density at radius 3 is 2.25 bits per heavy atom. The molecular formula is C20H21N3O. The molecule has 1 N–H and O–H groups in total. The van der Waals surface area contributed by atoms with E-state index in [1.165, 1.54) is 0 Å². The number of nitriles is 1. The number of hydrogen-bond donors (Lipinski definition) is 1. The highest BCUT2D eigenvalue weighted by Gasteiger charge is 2.09. The monoisotopic (exact) mass is 319 g/mol. The Kier molecular flexibility index (Phi) is 6.16. The maximum atomic E-state index is 12.2. The number of nitrogens with zero attached hydrogens (tertiary/aromatic N) is 2. The zero-order valence-electron chi connectivity index (χ0n) is 14.0. The number of hydrogen-bond acceptors (Lipinski definition) is 3. The third-order valence-electron chi connectivity index (χ3n) is 3.73. The highest BCUT2D eigenvalue weighted by Crippen LogP contribution is 2.17. The van der Waals surface area contributed by atoms with Gasteiger partial charge in [0.15, 0.2) is 0 Å². The van der Waals surface area contributed by atoms with Crippen molar-refractivity contribution in [3.63, 3.8) is 0 Å². The van der Waals surface area contributed by atoms with Crippen LogP contribution in [0.3, 0.4) is 0 Å². The van der Waals surface area contributed by atoms with Gasteiger partial charge in [-0.3, -0.25) is 4.79 Å². The minimum Gasteiger partial charge on any atom is -0.372 e. The molecule has 0 aromatic heterocycles. The Morgan fingerprint density at radius 1 is 1.08 bits per heavy atom. The van der Waals surface area contributed by atoms with Crippen molar-refractivity contribution in [2.24, 2.45) is 0 Å². The van der Waals surface area contributed by atoms with Gasteiger partial charge in [0.2, 0.25) is 0 Å². The number of nitrogens with one attached hydrogen (secondary N) is 1. The predicted molar refractivity (Wildman–Crippen MR) is 98.7 cm³/mol. The molecule has 2 rings (SSSR count). The lowest BCUT2D eigenvalue weighted by Crippen LogP contribution is -2.21. The smallest absolute Gasteiger partial charge is 0.266 e. The predicted octanol–water partition coefficient (Wildman–Crippen LogP) is 4.08. The van der Waals surface area contributed by atoms with Crippen LogP contribution in [-0.2, 0) is 4.79 Å². The Morgan fingerprint density at radius 2 is 1.71 bits per heavy atom. The average molecular weight is 319 g/mol. The van der Waals surface area contributed by atoms with E-state index in [2.05, 4.69) is 24.1 Å². The van der Waals surface area contributed by atoms with E-state index in [0.717, 1.165) is 24.3 Å². The second-order valence-electron chi connectivity index (χ2n) is 5.25. The molecule has 0 bridgehead atoms. The summed E-state index contributed by atoms with van der Waals surface area (Å²) in [7, 11) is 0. The lowest BCUT2D eigenvalue weighted by Gasteiger charge is -2.20. The molecule has 0 aliphatic heterocycles. The molecule has 4 heteroatoms. The van der Waals surface area contributed by atoms with Crippen molar-refractivity contribution in [1.29, 1.82) is 5.26 Å². The summed E-state index contributed by atoms with van der Waals surface area (Å²) in [6.45, 7) is 6.10. The van der Waals surface area contributed by atoms with Crippen LogP contribution >= 0.6 is 0 Å². The minimum atomic E-state index is -0.406. The van der Waals surface area contributed by atoms with Crippen LogP contribution in [0.15, 0.2) is 60.2 Å². The van der Waals surface area contributed by atoms with Gasteiger partial charge in [-0.25, -0.2) is 0 Å². The normalized spacial score (nSPS) is 10.8. The maximum absolute atomic E-state index is 12.2. The lowest BCUT2D eigenvalue weighted by atomic mass is 10.1. The number of carbonyl (C=O) groups excluding carboxylic acids is 1. The standard InChI is InChI=1S/C20H21N3O/c1-3-23(4-2)19-12-10-16(11-13-19)14-17(15-21)20(24)22-18-8-6-5-7-9-18/h5-14H,3-4H2,1-2H3,(H,22,24)/b17-14+. The molecule has 0 aliphatic carbocycles. The van der Waals surface area contributed by atoms with E-state index in [4.69, 9.17) is 0 Å². The van der Waals surface area contributed by atoms with Crippen LogP contribution < -0.4 is 10.2 Å². The lowest BCUT2D eigenvalue weighted by molar-refractivity contribution is -0.112. The van der Waals surface area contributed by atoms with Crippen LogP contribution in [-0.4, -0.2) is 19.0 Å². The van der Waals surface area contributed by atoms with Gasteiger partial charge < -0.3 is 10.2 Å². The third kappa shape index (κ3) is 4.47. The molecular weight excluding hydrogens is 298 g/mol. The molecule has 0 unspecified atom stereocenters. The Balaban J connectivity index is 2.15.